The molecule has 1 rings (SSSR count). The molecule has 0 bridgehead atoms. The predicted molar refractivity (Wildman–Crippen MR) is 54.9 cm³/mol. The van der Waals surface area contributed by atoms with Gasteiger partial charge in [-0.25, -0.2) is 8.42 Å². The molecule has 0 heterocycles. The van der Waals surface area contributed by atoms with E-state index in [-0.39, 0.29) is 5.75 Å². The summed E-state index contributed by atoms with van der Waals surface area (Å²) in [4.78, 5) is 0. The third kappa shape index (κ3) is 3.42. The highest BCUT2D eigenvalue weighted by atomic mass is 32.2. The molecule has 0 aliphatic rings. The van der Waals surface area contributed by atoms with Crippen LogP contribution in [0.15, 0.2) is 35.7 Å². The SMILES string of the molecule is CCS(=O)(=O)C=Cc1ccccc1. The largest absolute Gasteiger partial charge is 0.224 e. The lowest BCUT2D eigenvalue weighted by Gasteiger charge is -1.92. The van der Waals surface area contributed by atoms with E-state index in [0.29, 0.717) is 0 Å². The summed E-state index contributed by atoms with van der Waals surface area (Å²) in [6.07, 6.45) is 1.61. The first-order chi connectivity index (χ1) is 6.14. The van der Waals surface area contributed by atoms with E-state index >= 15 is 0 Å². The molecule has 0 N–H and O–H groups in total. The first-order valence-electron chi connectivity index (χ1n) is 4.10. The number of sulfone groups is 1. The van der Waals surface area contributed by atoms with Gasteiger partial charge in [0.15, 0.2) is 9.84 Å². The van der Waals surface area contributed by atoms with Gasteiger partial charge in [-0.2, -0.15) is 0 Å². The van der Waals surface area contributed by atoms with Crippen LogP contribution < -0.4 is 0 Å². The Morgan fingerprint density at radius 1 is 1.23 bits per heavy atom. The molecule has 0 saturated heterocycles. The summed E-state index contributed by atoms with van der Waals surface area (Å²) >= 11 is 0. The van der Waals surface area contributed by atoms with Gasteiger partial charge >= 0.3 is 0 Å². The maximum Gasteiger partial charge on any atom is 0.171 e. The highest BCUT2D eigenvalue weighted by Crippen LogP contribution is 2.03. The molecule has 0 spiro atoms. The first-order valence-corrected chi connectivity index (χ1v) is 5.81. The normalized spacial score (nSPS) is 12.1. The van der Waals surface area contributed by atoms with E-state index in [2.05, 4.69) is 0 Å². The van der Waals surface area contributed by atoms with E-state index in [4.69, 9.17) is 0 Å². The zero-order chi connectivity index (χ0) is 9.73. The fourth-order valence-corrected chi connectivity index (χ4v) is 1.40. The second-order valence-electron chi connectivity index (χ2n) is 2.66. The zero-order valence-corrected chi connectivity index (χ0v) is 8.29. The molecule has 0 fully saturated rings. The molecular weight excluding hydrogens is 184 g/mol. The van der Waals surface area contributed by atoms with Gasteiger partial charge in [-0.15, -0.1) is 0 Å². The maximum atomic E-state index is 11.1. The fourth-order valence-electron chi connectivity index (χ4n) is 0.843. The van der Waals surface area contributed by atoms with E-state index in [0.717, 1.165) is 5.56 Å². The average molecular weight is 196 g/mol. The lowest BCUT2D eigenvalue weighted by molar-refractivity contribution is 0.606. The van der Waals surface area contributed by atoms with E-state index in [1.807, 2.05) is 30.3 Å². The van der Waals surface area contributed by atoms with Crippen LogP contribution in [0.25, 0.3) is 6.08 Å². The summed E-state index contributed by atoms with van der Waals surface area (Å²) in [6, 6.07) is 9.37. The Hall–Kier alpha value is -1.09. The number of rotatable bonds is 3. The van der Waals surface area contributed by atoms with Gasteiger partial charge in [0, 0.05) is 5.41 Å². The van der Waals surface area contributed by atoms with Crippen molar-refractivity contribution in [1.82, 2.24) is 0 Å². The quantitative estimate of drug-likeness (QED) is 0.741. The highest BCUT2D eigenvalue weighted by molar-refractivity contribution is 7.94. The maximum absolute atomic E-state index is 11.1. The Morgan fingerprint density at radius 2 is 1.85 bits per heavy atom. The van der Waals surface area contributed by atoms with Crippen molar-refractivity contribution < 1.29 is 8.42 Å². The lowest BCUT2D eigenvalue weighted by atomic mass is 10.2. The molecule has 0 aliphatic heterocycles. The Kier molecular flexibility index (Phi) is 3.25. The van der Waals surface area contributed by atoms with Gasteiger partial charge in [-0.05, 0) is 11.6 Å². The molecule has 0 radical (unpaired) electrons. The Balaban J connectivity index is 2.82. The van der Waals surface area contributed by atoms with Crippen molar-refractivity contribution in [2.45, 2.75) is 6.92 Å². The van der Waals surface area contributed by atoms with Crippen LogP contribution in [-0.4, -0.2) is 14.2 Å². The van der Waals surface area contributed by atoms with Crippen LogP contribution in [0.3, 0.4) is 0 Å². The second kappa shape index (κ2) is 4.23. The third-order valence-electron chi connectivity index (χ3n) is 1.67. The van der Waals surface area contributed by atoms with Gasteiger partial charge in [0.2, 0.25) is 0 Å². The molecule has 0 saturated carbocycles. The molecule has 0 amide bonds. The van der Waals surface area contributed by atoms with Gasteiger partial charge in [0.25, 0.3) is 0 Å². The third-order valence-corrected chi connectivity index (χ3v) is 3.03. The van der Waals surface area contributed by atoms with E-state index in [1.54, 1.807) is 13.0 Å². The van der Waals surface area contributed by atoms with Crippen LogP contribution in [0.1, 0.15) is 12.5 Å². The monoisotopic (exact) mass is 196 g/mol. The second-order valence-corrected chi connectivity index (χ2v) is 4.84. The van der Waals surface area contributed by atoms with Crippen LogP contribution in [0, 0.1) is 0 Å². The Morgan fingerprint density at radius 3 is 2.38 bits per heavy atom. The molecule has 1 aromatic carbocycles. The molecule has 1 aromatic rings. The minimum atomic E-state index is -3.00. The Labute approximate surface area is 78.8 Å². The number of hydrogen-bond acceptors (Lipinski definition) is 2. The highest BCUT2D eigenvalue weighted by Gasteiger charge is 1.99. The van der Waals surface area contributed by atoms with Crippen molar-refractivity contribution in [3.8, 4) is 0 Å². The molecular formula is C10H12O2S. The van der Waals surface area contributed by atoms with Gasteiger partial charge in [-0.3, -0.25) is 0 Å². The van der Waals surface area contributed by atoms with Gasteiger partial charge in [-0.1, -0.05) is 37.3 Å². The zero-order valence-electron chi connectivity index (χ0n) is 7.47. The summed E-state index contributed by atoms with van der Waals surface area (Å²) < 4.78 is 22.2. The Bertz CT molecular complexity index is 377. The molecule has 13 heavy (non-hydrogen) atoms. The van der Waals surface area contributed by atoms with Crippen molar-refractivity contribution >= 4 is 15.9 Å². The van der Waals surface area contributed by atoms with Crippen LogP contribution in [0.5, 0.6) is 0 Å². The smallest absolute Gasteiger partial charge is 0.171 e. The number of hydrogen-bond donors (Lipinski definition) is 0. The number of benzene rings is 1. The summed E-state index contributed by atoms with van der Waals surface area (Å²) in [5.41, 5.74) is 0.902. The topological polar surface area (TPSA) is 34.1 Å². The first kappa shape index (κ1) is 9.99. The molecule has 0 atom stereocenters. The fraction of sp³-hybridized carbons (Fsp3) is 0.200. The van der Waals surface area contributed by atoms with Crippen molar-refractivity contribution in [2.24, 2.45) is 0 Å². The molecule has 0 aromatic heterocycles. The molecule has 2 nitrogen and oxygen atoms in total. The standard InChI is InChI=1S/C10H12O2S/c1-2-13(11,12)9-8-10-6-4-3-5-7-10/h3-9H,2H2,1H3. The van der Waals surface area contributed by atoms with Crippen LogP contribution in [-0.2, 0) is 9.84 Å². The minimum absolute atomic E-state index is 0.149. The summed E-state index contributed by atoms with van der Waals surface area (Å²) in [5, 5.41) is 1.25. The molecule has 70 valence electrons. The van der Waals surface area contributed by atoms with Gasteiger partial charge in [0.1, 0.15) is 0 Å². The van der Waals surface area contributed by atoms with Gasteiger partial charge in [0.05, 0.1) is 5.75 Å². The van der Waals surface area contributed by atoms with Gasteiger partial charge < -0.3 is 0 Å². The average Bonchev–Trinajstić information content (AvgIpc) is 2.17. The van der Waals surface area contributed by atoms with Crippen molar-refractivity contribution in [1.29, 1.82) is 0 Å². The van der Waals surface area contributed by atoms with E-state index < -0.39 is 9.84 Å². The van der Waals surface area contributed by atoms with Crippen LogP contribution >= 0.6 is 0 Å². The summed E-state index contributed by atoms with van der Waals surface area (Å²) in [5.74, 6) is 0.149. The summed E-state index contributed by atoms with van der Waals surface area (Å²) in [6.45, 7) is 1.63. The van der Waals surface area contributed by atoms with E-state index in [9.17, 15) is 8.42 Å². The predicted octanol–water partition coefficient (Wildman–Crippen LogP) is 2.09. The molecule has 3 heteroatoms. The minimum Gasteiger partial charge on any atom is -0.224 e. The lowest BCUT2D eigenvalue weighted by Crippen LogP contribution is -1.96. The van der Waals surface area contributed by atoms with E-state index in [1.165, 1.54) is 5.41 Å². The van der Waals surface area contributed by atoms with Crippen LogP contribution in [0.4, 0.5) is 0 Å². The molecule has 0 unspecified atom stereocenters. The van der Waals surface area contributed by atoms with Crippen molar-refractivity contribution in [3.63, 3.8) is 0 Å². The van der Waals surface area contributed by atoms with Crippen molar-refractivity contribution in [3.05, 3.63) is 41.3 Å². The van der Waals surface area contributed by atoms with Crippen LogP contribution in [0.2, 0.25) is 0 Å². The summed E-state index contributed by atoms with van der Waals surface area (Å²) in [7, 11) is -3.00. The van der Waals surface area contributed by atoms with Crippen molar-refractivity contribution in [2.75, 3.05) is 5.75 Å². The molecule has 0 aliphatic carbocycles.